The minimum absolute atomic E-state index is 0.00352. The quantitative estimate of drug-likeness (QED) is 0.0301. The summed E-state index contributed by atoms with van der Waals surface area (Å²) in [6.45, 7) is 22.2. The Morgan fingerprint density at radius 1 is 0.523 bits per heavy atom. The Balaban J connectivity index is 0.000000387. The molecule has 19 heteroatoms. The van der Waals surface area contributed by atoms with Crippen molar-refractivity contribution in [2.24, 2.45) is 23.5 Å². The largest absolute Gasteiger partial charge is 0.445 e. The van der Waals surface area contributed by atoms with Gasteiger partial charge in [0.1, 0.15) is 43.2 Å². The van der Waals surface area contributed by atoms with Gasteiger partial charge in [-0.25, -0.2) is 4.79 Å². The highest BCUT2D eigenvalue weighted by molar-refractivity contribution is 5.73. The molecular formula is C69H124N4O15. The van der Waals surface area contributed by atoms with Gasteiger partial charge in [-0.2, -0.15) is 0 Å². The minimum Gasteiger partial charge on any atom is -0.445 e. The van der Waals surface area contributed by atoms with Crippen LogP contribution < -0.4 is 21.7 Å². The van der Waals surface area contributed by atoms with Crippen molar-refractivity contribution in [1.82, 2.24) is 16.0 Å². The van der Waals surface area contributed by atoms with E-state index < -0.39 is 72.9 Å². The van der Waals surface area contributed by atoms with E-state index in [9.17, 15) is 29.7 Å². The third-order valence-corrected chi connectivity index (χ3v) is 18.1. The molecule has 4 saturated heterocycles. The lowest BCUT2D eigenvalue weighted by atomic mass is 9.79. The van der Waals surface area contributed by atoms with E-state index in [0.29, 0.717) is 12.5 Å². The molecule has 4 fully saturated rings. The average molecular weight is 1250 g/mol. The summed E-state index contributed by atoms with van der Waals surface area (Å²) in [4.78, 5) is 36.1. The number of ether oxygens (including phenoxy) is 9. The molecule has 0 radical (unpaired) electrons. The summed E-state index contributed by atoms with van der Waals surface area (Å²) >= 11 is 0. The normalized spacial score (nSPS) is 28.9. The van der Waals surface area contributed by atoms with Crippen LogP contribution in [0.25, 0.3) is 0 Å². The third-order valence-electron chi connectivity index (χ3n) is 18.1. The van der Waals surface area contributed by atoms with Gasteiger partial charge < -0.3 is 79.6 Å². The van der Waals surface area contributed by atoms with Crippen LogP contribution in [0.3, 0.4) is 0 Å². The maximum Gasteiger partial charge on any atom is 0.407 e. The number of aliphatic hydroxyl groups excluding tert-OH is 3. The number of alkyl carbamates (subject to hydrolysis) is 1. The Hall–Kier alpha value is -3.05. The summed E-state index contributed by atoms with van der Waals surface area (Å²) in [5.41, 5.74) is 7.36. The molecule has 4 aliphatic rings. The number of aliphatic hydroxyl groups is 3. The molecule has 0 spiro atoms. The second-order valence-corrected chi connectivity index (χ2v) is 26.8. The second kappa shape index (κ2) is 42.2. The fourth-order valence-corrected chi connectivity index (χ4v) is 12.5. The Morgan fingerprint density at radius 3 is 1.44 bits per heavy atom. The highest BCUT2D eigenvalue weighted by Crippen LogP contribution is 2.38. The fraction of sp³-hybridized carbons (Fsp3) is 0.870. The van der Waals surface area contributed by atoms with E-state index >= 15 is 0 Å². The van der Waals surface area contributed by atoms with Crippen molar-refractivity contribution in [3.05, 3.63) is 35.9 Å². The number of benzene rings is 1. The number of amides is 3. The standard InChI is InChI=1S/C40H68N2O7.C29H56N2O8/c1-8-9-10-11-12-13-14-15-16-17-18-22-25-35-37(49-40(6,7)48-35)34(42-39(44)46-27-33-23-20-19-21-24-33)28-45-38-31(4)29(2)30(3)36(47-38)26-41-32(5)43;1-5-6-7-8-9-10-11-12-13-14-15-16-17-22-27(39-29(3,4)38-22)21(30)19-36-28-26(35)25(34)24(33)23(37-28)18-31-20(2)32/h19-21,23-24,29-31,34-38H,8-18,22,25-28H2,1-7H3,(H,41,43)(H,42,44);21-28,33-35H,5-19,30H2,1-4H3,(H,31,32)/t29?,30?,31?,34-,35+,36?,37-,38?;21-,22+,23?,24?,25?,26?,27-,28?/m00/s1. The molecule has 1 aromatic carbocycles. The van der Waals surface area contributed by atoms with Gasteiger partial charge >= 0.3 is 6.09 Å². The van der Waals surface area contributed by atoms with Crippen molar-refractivity contribution in [2.45, 2.75) is 341 Å². The number of carbonyl (C=O) groups excluding carboxylic acids is 3. The van der Waals surface area contributed by atoms with Crippen molar-refractivity contribution in [2.75, 3.05) is 26.3 Å². The summed E-state index contributed by atoms with van der Waals surface area (Å²) in [6, 6.07) is 8.56. The molecule has 510 valence electrons. The molecule has 5 rings (SSSR count). The molecule has 0 aromatic heterocycles. The predicted octanol–water partition coefficient (Wildman–Crippen LogP) is 11.6. The lowest BCUT2D eigenvalue weighted by Crippen LogP contribution is -2.61. The third kappa shape index (κ3) is 29.3. The first kappa shape index (κ1) is 77.4. The molecule has 0 bridgehead atoms. The van der Waals surface area contributed by atoms with Crippen LogP contribution in [0.4, 0.5) is 4.79 Å². The molecule has 4 aliphatic heterocycles. The molecular weight excluding hydrogens is 1120 g/mol. The maximum absolute atomic E-state index is 13.2. The summed E-state index contributed by atoms with van der Waals surface area (Å²) in [6.07, 6.45) is 23.8. The SMILES string of the molecule is CCCCCCCCCCCCCC[C@H]1OC(C)(C)O[C@H]1[C@@H](N)COC1OC(CNC(C)=O)C(O)C(O)C1O.CCCCCCCCCCCCCC[C@H]1OC(C)(C)O[C@H]1[C@H](COC1OC(CNC(C)=O)C(C)C(C)C1C)NC(=O)OCc1ccccc1. The topological polar surface area (TPSA) is 257 Å². The van der Waals surface area contributed by atoms with Crippen molar-refractivity contribution in [3.8, 4) is 0 Å². The molecule has 88 heavy (non-hydrogen) atoms. The van der Waals surface area contributed by atoms with Crippen LogP contribution in [0.2, 0.25) is 0 Å². The van der Waals surface area contributed by atoms with Gasteiger partial charge in [-0.15, -0.1) is 0 Å². The van der Waals surface area contributed by atoms with E-state index in [0.717, 1.165) is 44.1 Å². The van der Waals surface area contributed by atoms with E-state index in [1.54, 1.807) is 0 Å². The van der Waals surface area contributed by atoms with Crippen molar-refractivity contribution >= 4 is 17.9 Å². The number of rotatable bonds is 41. The summed E-state index contributed by atoms with van der Waals surface area (Å²) < 4.78 is 55.1. The van der Waals surface area contributed by atoms with Crippen LogP contribution in [0.1, 0.15) is 249 Å². The van der Waals surface area contributed by atoms with Crippen molar-refractivity contribution in [3.63, 3.8) is 0 Å². The Morgan fingerprint density at radius 2 is 0.955 bits per heavy atom. The second-order valence-electron chi connectivity index (χ2n) is 26.8. The van der Waals surface area contributed by atoms with Gasteiger partial charge in [-0.3, -0.25) is 9.59 Å². The van der Waals surface area contributed by atoms with E-state index in [1.165, 1.54) is 142 Å². The van der Waals surface area contributed by atoms with Crippen LogP contribution in [0.5, 0.6) is 0 Å². The van der Waals surface area contributed by atoms with Crippen LogP contribution in [-0.2, 0) is 58.8 Å². The Kier molecular flexibility index (Phi) is 37.1. The number of nitrogens with one attached hydrogen (secondary N) is 3. The average Bonchev–Trinajstić information content (AvgIpc) is 3.82. The molecule has 0 aliphatic carbocycles. The van der Waals surface area contributed by atoms with Crippen LogP contribution >= 0.6 is 0 Å². The van der Waals surface area contributed by atoms with Gasteiger partial charge in [0, 0.05) is 32.9 Å². The van der Waals surface area contributed by atoms with Gasteiger partial charge in [0.25, 0.3) is 0 Å². The summed E-state index contributed by atoms with van der Waals surface area (Å²) in [5, 5.41) is 39.3. The molecule has 0 saturated carbocycles. The van der Waals surface area contributed by atoms with Crippen molar-refractivity contribution < 1.29 is 72.3 Å². The lowest BCUT2D eigenvalue weighted by molar-refractivity contribution is -0.297. The zero-order chi connectivity index (χ0) is 64.5. The first-order chi connectivity index (χ1) is 42.1. The first-order valence-corrected chi connectivity index (χ1v) is 34.6. The molecule has 4 heterocycles. The van der Waals surface area contributed by atoms with Gasteiger partial charge in [0.2, 0.25) is 11.8 Å². The number of unbranched alkanes of at least 4 members (excludes halogenated alkanes) is 22. The number of hydrogen-bond donors (Lipinski definition) is 7. The molecule has 10 unspecified atom stereocenters. The zero-order valence-corrected chi connectivity index (χ0v) is 56.4. The van der Waals surface area contributed by atoms with E-state index in [4.69, 9.17) is 48.4 Å². The van der Waals surface area contributed by atoms with E-state index in [1.807, 2.05) is 58.0 Å². The van der Waals surface area contributed by atoms with Crippen LogP contribution in [0.15, 0.2) is 30.3 Å². The van der Waals surface area contributed by atoms with Gasteiger partial charge in [0.05, 0.1) is 43.6 Å². The van der Waals surface area contributed by atoms with Gasteiger partial charge in [-0.1, -0.05) is 219 Å². The summed E-state index contributed by atoms with van der Waals surface area (Å²) in [5.74, 6) is -1.26. The monoisotopic (exact) mass is 1250 g/mol. The van der Waals surface area contributed by atoms with Gasteiger partial charge in [-0.05, 0) is 57.9 Å². The first-order valence-electron chi connectivity index (χ1n) is 34.6. The predicted molar refractivity (Wildman–Crippen MR) is 343 cm³/mol. The molecule has 8 N–H and O–H groups in total. The molecule has 16 atom stereocenters. The Bertz CT molecular complexity index is 2020. The zero-order valence-electron chi connectivity index (χ0n) is 56.4. The maximum atomic E-state index is 13.2. The molecule has 19 nitrogen and oxygen atoms in total. The number of carbonyl (C=O) groups is 3. The van der Waals surface area contributed by atoms with E-state index in [-0.39, 0.29) is 74.4 Å². The minimum atomic E-state index is -1.48. The number of nitrogens with two attached hydrogens (primary N) is 1. The van der Waals surface area contributed by atoms with E-state index in [2.05, 4.69) is 50.6 Å². The smallest absolute Gasteiger partial charge is 0.407 e. The van der Waals surface area contributed by atoms with Crippen LogP contribution in [0, 0.1) is 17.8 Å². The highest BCUT2D eigenvalue weighted by atomic mass is 16.8. The van der Waals surface area contributed by atoms with Crippen LogP contribution in [-0.4, -0.2) is 151 Å². The fourth-order valence-electron chi connectivity index (χ4n) is 12.5. The number of hydrogen-bond acceptors (Lipinski definition) is 16. The Labute approximate surface area is 530 Å². The van der Waals surface area contributed by atoms with Crippen molar-refractivity contribution in [1.29, 1.82) is 0 Å². The molecule has 1 aromatic rings. The molecule has 3 amide bonds. The summed E-state index contributed by atoms with van der Waals surface area (Å²) in [7, 11) is 0. The lowest BCUT2D eigenvalue weighted by Gasteiger charge is -2.44. The van der Waals surface area contributed by atoms with Gasteiger partial charge in [0.15, 0.2) is 24.2 Å². The highest BCUT2D eigenvalue weighted by Gasteiger charge is 2.49.